The third-order valence-corrected chi connectivity index (χ3v) is 6.23. The van der Waals surface area contributed by atoms with Gasteiger partial charge < -0.3 is 19.3 Å². The molecule has 0 spiro atoms. The Morgan fingerprint density at radius 3 is 1.64 bits per heavy atom. The Balaban J connectivity index is 0.000000537. The van der Waals surface area contributed by atoms with Gasteiger partial charge in [0.25, 0.3) is 0 Å². The predicted molar refractivity (Wildman–Crippen MR) is 138 cm³/mol. The molecular weight excluding hydrogens is 464 g/mol. The van der Waals surface area contributed by atoms with Crippen molar-refractivity contribution in [2.75, 3.05) is 66.2 Å². The van der Waals surface area contributed by atoms with Gasteiger partial charge in [0.05, 0.1) is 0 Å². The Hall–Kier alpha value is -2.20. The van der Waals surface area contributed by atoms with E-state index in [1.165, 1.54) is 16.8 Å². The molecule has 2 aliphatic rings. The van der Waals surface area contributed by atoms with Crippen molar-refractivity contribution < 1.29 is 28.7 Å². The summed E-state index contributed by atoms with van der Waals surface area (Å²) in [4.78, 5) is 51.6. The highest BCUT2D eigenvalue weighted by molar-refractivity contribution is 6.02. The highest BCUT2D eigenvalue weighted by Gasteiger charge is 2.38. The first-order valence-corrected chi connectivity index (χ1v) is 13.0. The minimum atomic E-state index is -0.187. The number of ether oxygens (including phenoxy) is 2. The van der Waals surface area contributed by atoms with E-state index in [4.69, 9.17) is 9.47 Å². The summed E-state index contributed by atoms with van der Waals surface area (Å²) in [5, 5.41) is 0. The van der Waals surface area contributed by atoms with Crippen molar-refractivity contribution in [3.8, 4) is 0 Å². The van der Waals surface area contributed by atoms with Crippen LogP contribution in [0.2, 0.25) is 0 Å². The summed E-state index contributed by atoms with van der Waals surface area (Å²) in [6, 6.07) is -0.355. The quantitative estimate of drug-likeness (QED) is 0.277. The molecule has 10 nitrogen and oxygen atoms in total. The lowest BCUT2D eigenvalue weighted by molar-refractivity contribution is -0.126. The number of likely N-dealkylation sites (N-methyl/N-ethyl adjacent to an activating group) is 3. The molecule has 0 saturated carbocycles. The lowest BCUT2D eigenvalue weighted by Crippen LogP contribution is -2.40. The molecule has 0 bridgehead atoms. The number of carbonyl (C=O) groups is 4. The van der Waals surface area contributed by atoms with Crippen molar-refractivity contribution in [2.24, 2.45) is 10.8 Å². The molecule has 0 unspecified atom stereocenters. The fourth-order valence-corrected chi connectivity index (χ4v) is 3.60. The Kier molecular flexibility index (Phi) is 12.8. The Bertz CT molecular complexity index is 749. The smallest absolute Gasteiger partial charge is 0.327 e. The van der Waals surface area contributed by atoms with Gasteiger partial charge >= 0.3 is 12.1 Å². The first-order chi connectivity index (χ1) is 16.7. The third kappa shape index (κ3) is 10.8. The van der Waals surface area contributed by atoms with Gasteiger partial charge in [0.1, 0.15) is 13.1 Å². The zero-order valence-electron chi connectivity index (χ0n) is 23.7. The summed E-state index contributed by atoms with van der Waals surface area (Å²) < 4.78 is 11.3. The standard InChI is InChI=1S/C20H38N2O4.C6H10N2O2/c1-7-21-15-17(23)22(18(21)24)16-20(5,6)10-14-26-12-8-11-25-13-9-19(2,3)4;1-3-8-4-5(9)7(2)6(8)10/h7-16H2,1-6H3;3-4H2,1-2H3. The van der Waals surface area contributed by atoms with Crippen LogP contribution in [0.1, 0.15) is 67.7 Å². The maximum atomic E-state index is 12.2. The molecule has 2 rings (SSSR count). The van der Waals surface area contributed by atoms with Gasteiger partial charge in [-0.15, -0.1) is 0 Å². The molecule has 36 heavy (non-hydrogen) atoms. The van der Waals surface area contributed by atoms with Gasteiger partial charge in [-0.25, -0.2) is 9.59 Å². The topological polar surface area (TPSA) is 99.7 Å². The fraction of sp³-hybridized carbons (Fsp3) is 0.846. The molecule has 0 N–H and O–H groups in total. The van der Waals surface area contributed by atoms with E-state index in [1.54, 1.807) is 4.90 Å². The number of rotatable bonds is 13. The van der Waals surface area contributed by atoms with E-state index in [9.17, 15) is 19.2 Å². The largest absolute Gasteiger partial charge is 0.381 e. The average Bonchev–Trinajstić information content (AvgIpc) is 3.21. The Morgan fingerprint density at radius 2 is 1.22 bits per heavy atom. The van der Waals surface area contributed by atoms with Gasteiger partial charge in [-0.3, -0.25) is 19.4 Å². The van der Waals surface area contributed by atoms with Crippen molar-refractivity contribution in [1.82, 2.24) is 19.6 Å². The van der Waals surface area contributed by atoms with Crippen LogP contribution < -0.4 is 0 Å². The van der Waals surface area contributed by atoms with E-state index < -0.39 is 0 Å². The van der Waals surface area contributed by atoms with E-state index >= 15 is 0 Å². The first kappa shape index (κ1) is 31.8. The van der Waals surface area contributed by atoms with Gasteiger partial charge in [0.15, 0.2) is 0 Å². The lowest BCUT2D eigenvalue weighted by Gasteiger charge is -2.29. The monoisotopic (exact) mass is 512 g/mol. The molecular formula is C26H48N4O6. The van der Waals surface area contributed by atoms with Crippen LogP contribution in [0.4, 0.5) is 9.59 Å². The molecule has 208 valence electrons. The fourth-order valence-electron chi connectivity index (χ4n) is 3.60. The zero-order chi connectivity index (χ0) is 27.5. The van der Waals surface area contributed by atoms with Crippen LogP contribution in [0.25, 0.3) is 0 Å². The molecule has 0 atom stereocenters. The molecule has 0 aromatic rings. The Labute approximate surface area is 217 Å². The summed E-state index contributed by atoms with van der Waals surface area (Å²) in [5.74, 6) is -0.218. The highest BCUT2D eigenvalue weighted by Crippen LogP contribution is 2.25. The maximum Gasteiger partial charge on any atom is 0.327 e. The number of hydrogen-bond donors (Lipinski definition) is 0. The zero-order valence-corrected chi connectivity index (χ0v) is 23.7. The molecule has 0 aromatic carbocycles. The molecule has 0 aromatic heterocycles. The normalized spacial score (nSPS) is 16.9. The van der Waals surface area contributed by atoms with E-state index in [2.05, 4.69) is 34.6 Å². The minimum Gasteiger partial charge on any atom is -0.381 e. The maximum absolute atomic E-state index is 12.2. The second-order valence-corrected chi connectivity index (χ2v) is 11.3. The molecule has 2 heterocycles. The molecule has 10 heteroatoms. The minimum absolute atomic E-state index is 0.0988. The van der Waals surface area contributed by atoms with Gasteiger partial charge in [-0.1, -0.05) is 34.6 Å². The van der Waals surface area contributed by atoms with Crippen LogP contribution in [-0.4, -0.2) is 110 Å². The second-order valence-electron chi connectivity index (χ2n) is 11.3. The van der Waals surface area contributed by atoms with Gasteiger partial charge in [0.2, 0.25) is 11.8 Å². The highest BCUT2D eigenvalue weighted by atomic mass is 16.5. The van der Waals surface area contributed by atoms with Crippen LogP contribution in [0.3, 0.4) is 0 Å². The van der Waals surface area contributed by atoms with Crippen LogP contribution in [0.15, 0.2) is 0 Å². The molecule has 2 fully saturated rings. The van der Waals surface area contributed by atoms with Crippen LogP contribution in [-0.2, 0) is 19.1 Å². The number of carbonyl (C=O) groups excluding carboxylic acids is 4. The van der Waals surface area contributed by atoms with Crippen LogP contribution >= 0.6 is 0 Å². The molecule has 0 aliphatic carbocycles. The lowest BCUT2D eigenvalue weighted by atomic mass is 9.89. The molecule has 0 radical (unpaired) electrons. The van der Waals surface area contributed by atoms with E-state index in [1.807, 2.05) is 13.8 Å². The number of amides is 6. The third-order valence-electron chi connectivity index (χ3n) is 6.23. The van der Waals surface area contributed by atoms with Gasteiger partial charge in [-0.05, 0) is 43.9 Å². The summed E-state index contributed by atoms with van der Waals surface area (Å²) in [5.41, 5.74) is 0.159. The molecule has 6 amide bonds. The predicted octanol–water partition coefficient (Wildman–Crippen LogP) is 3.45. The average molecular weight is 513 g/mol. The van der Waals surface area contributed by atoms with Crippen LogP contribution in [0, 0.1) is 10.8 Å². The number of imide groups is 2. The molecule has 2 aliphatic heterocycles. The van der Waals surface area contributed by atoms with Crippen LogP contribution in [0.5, 0.6) is 0 Å². The van der Waals surface area contributed by atoms with Gasteiger partial charge in [-0.2, -0.15) is 0 Å². The summed E-state index contributed by atoms with van der Waals surface area (Å²) in [6.45, 7) is 19.4. The van der Waals surface area contributed by atoms with E-state index in [0.29, 0.717) is 38.3 Å². The van der Waals surface area contributed by atoms with Crippen molar-refractivity contribution in [3.63, 3.8) is 0 Å². The van der Waals surface area contributed by atoms with Crippen molar-refractivity contribution in [3.05, 3.63) is 0 Å². The van der Waals surface area contributed by atoms with Crippen molar-refractivity contribution in [2.45, 2.75) is 67.7 Å². The van der Waals surface area contributed by atoms with Crippen molar-refractivity contribution >= 4 is 23.9 Å². The summed E-state index contributed by atoms with van der Waals surface area (Å²) in [6.07, 6.45) is 2.76. The van der Waals surface area contributed by atoms with E-state index in [0.717, 1.165) is 37.4 Å². The SMILES string of the molecule is CCN1CC(=O)N(C)C1=O.CCN1CC(=O)N(CC(C)(C)CCOCCCOCCC(C)(C)C)C1=O. The summed E-state index contributed by atoms with van der Waals surface area (Å²) >= 11 is 0. The Morgan fingerprint density at radius 1 is 0.722 bits per heavy atom. The van der Waals surface area contributed by atoms with Crippen molar-refractivity contribution in [1.29, 1.82) is 0 Å². The summed E-state index contributed by atoms with van der Waals surface area (Å²) in [7, 11) is 1.50. The first-order valence-electron chi connectivity index (χ1n) is 13.0. The van der Waals surface area contributed by atoms with Gasteiger partial charge in [0, 0.05) is 53.1 Å². The molecule has 2 saturated heterocycles. The number of hydrogen-bond acceptors (Lipinski definition) is 6. The number of urea groups is 2. The number of nitrogens with zero attached hydrogens (tertiary/aromatic N) is 4. The second kappa shape index (κ2) is 14.5. The van der Waals surface area contributed by atoms with E-state index in [-0.39, 0.29) is 42.4 Å².